The Bertz CT molecular complexity index is 881. The van der Waals surface area contributed by atoms with Gasteiger partial charge >= 0.3 is 0 Å². The smallest absolute Gasteiger partial charge is 0.0851 e. The minimum Gasteiger partial charge on any atom is -0.254 e. The zero-order chi connectivity index (χ0) is 13.7. The summed E-state index contributed by atoms with van der Waals surface area (Å²) in [5, 5.41) is 3.68. The Morgan fingerprint density at radius 2 is 1.90 bits per heavy atom. The van der Waals surface area contributed by atoms with E-state index >= 15 is 0 Å². The molecule has 1 nitrogen and oxygen atoms in total. The first kappa shape index (κ1) is 12.5. The number of hydrogen-bond acceptors (Lipinski definition) is 1. The molecule has 0 saturated carbocycles. The molecule has 2 aromatic carbocycles. The second-order valence-corrected chi connectivity index (χ2v) is 6.89. The molecular formula is C17H11Br2N. The van der Waals surface area contributed by atoms with Gasteiger partial charge in [0.05, 0.1) is 5.52 Å². The molecule has 1 aliphatic rings. The number of aromatic nitrogens is 1. The third kappa shape index (κ3) is 1.92. The zero-order valence-electron chi connectivity index (χ0n) is 10.7. The number of fused-ring (bicyclic) bond motifs is 4. The number of allylic oxidation sites excluding steroid dienone is 1. The van der Waals surface area contributed by atoms with Crippen LogP contribution in [-0.2, 0) is 6.42 Å². The number of nitrogens with zero attached hydrogens (tertiary/aromatic N) is 1. The van der Waals surface area contributed by atoms with Crippen molar-refractivity contribution in [1.29, 1.82) is 0 Å². The summed E-state index contributed by atoms with van der Waals surface area (Å²) in [7, 11) is 0. The standard InChI is InChI=1S/C17H11Br2N/c18-13-7-15-14-6-11-4-2-1-3-10(11)5-12(14)9-20-17(15)16(19)8-13/h1,3,5-9H,2,4H2. The Morgan fingerprint density at radius 3 is 2.80 bits per heavy atom. The maximum absolute atomic E-state index is 4.61. The fourth-order valence-electron chi connectivity index (χ4n) is 2.88. The summed E-state index contributed by atoms with van der Waals surface area (Å²) in [5.41, 5.74) is 3.79. The minimum absolute atomic E-state index is 1.02. The van der Waals surface area contributed by atoms with Gasteiger partial charge in [-0.25, -0.2) is 0 Å². The highest BCUT2D eigenvalue weighted by molar-refractivity contribution is 9.11. The maximum atomic E-state index is 4.61. The van der Waals surface area contributed by atoms with Gasteiger partial charge in [0.25, 0.3) is 0 Å². The molecule has 3 aromatic rings. The van der Waals surface area contributed by atoms with Crippen molar-refractivity contribution in [3.8, 4) is 0 Å². The Kier molecular flexibility index (Phi) is 2.93. The lowest BCUT2D eigenvalue weighted by molar-refractivity contribution is 0.989. The van der Waals surface area contributed by atoms with E-state index in [1.165, 1.54) is 27.3 Å². The summed E-state index contributed by atoms with van der Waals surface area (Å²) in [6.07, 6.45) is 8.70. The summed E-state index contributed by atoms with van der Waals surface area (Å²) in [6, 6.07) is 8.78. The molecule has 1 aliphatic carbocycles. The monoisotopic (exact) mass is 387 g/mol. The van der Waals surface area contributed by atoms with Crippen LogP contribution >= 0.6 is 31.9 Å². The van der Waals surface area contributed by atoms with Crippen molar-refractivity contribution < 1.29 is 0 Å². The Morgan fingerprint density at radius 1 is 1.00 bits per heavy atom. The van der Waals surface area contributed by atoms with Crippen molar-refractivity contribution in [2.75, 3.05) is 0 Å². The molecular weight excluding hydrogens is 378 g/mol. The molecule has 0 fully saturated rings. The fourth-order valence-corrected chi connectivity index (χ4v) is 4.20. The molecule has 4 rings (SSSR count). The van der Waals surface area contributed by atoms with E-state index < -0.39 is 0 Å². The first-order valence-electron chi connectivity index (χ1n) is 6.59. The lowest BCUT2D eigenvalue weighted by atomic mass is 9.93. The van der Waals surface area contributed by atoms with Gasteiger partial charge in [-0.1, -0.05) is 28.1 Å². The van der Waals surface area contributed by atoms with Crippen LogP contribution in [0.4, 0.5) is 0 Å². The van der Waals surface area contributed by atoms with Gasteiger partial charge < -0.3 is 0 Å². The summed E-state index contributed by atoms with van der Waals surface area (Å²) in [5.74, 6) is 0. The van der Waals surface area contributed by atoms with Gasteiger partial charge in [0.2, 0.25) is 0 Å². The molecule has 0 bridgehead atoms. The van der Waals surface area contributed by atoms with Crippen molar-refractivity contribution in [3.05, 3.63) is 56.6 Å². The average molecular weight is 389 g/mol. The van der Waals surface area contributed by atoms with Gasteiger partial charge in [-0.15, -0.1) is 0 Å². The van der Waals surface area contributed by atoms with Crippen molar-refractivity contribution in [3.63, 3.8) is 0 Å². The zero-order valence-corrected chi connectivity index (χ0v) is 13.8. The van der Waals surface area contributed by atoms with Gasteiger partial charge in [-0.05, 0) is 69.6 Å². The maximum Gasteiger partial charge on any atom is 0.0851 e. The quantitative estimate of drug-likeness (QED) is 0.438. The summed E-state index contributed by atoms with van der Waals surface area (Å²) < 4.78 is 2.10. The second-order valence-electron chi connectivity index (χ2n) is 5.12. The van der Waals surface area contributed by atoms with Crippen molar-refractivity contribution in [2.45, 2.75) is 12.8 Å². The van der Waals surface area contributed by atoms with E-state index in [1.807, 2.05) is 12.3 Å². The number of pyridine rings is 1. The summed E-state index contributed by atoms with van der Waals surface area (Å²) in [6.45, 7) is 0. The largest absolute Gasteiger partial charge is 0.254 e. The van der Waals surface area contributed by atoms with E-state index in [9.17, 15) is 0 Å². The molecule has 98 valence electrons. The summed E-state index contributed by atoms with van der Waals surface area (Å²) in [4.78, 5) is 4.61. The van der Waals surface area contributed by atoms with Crippen LogP contribution < -0.4 is 0 Å². The van der Waals surface area contributed by atoms with Gasteiger partial charge in [0.15, 0.2) is 0 Å². The lowest BCUT2D eigenvalue weighted by Crippen LogP contribution is -1.95. The Balaban J connectivity index is 2.16. The minimum atomic E-state index is 1.02. The van der Waals surface area contributed by atoms with E-state index in [0.29, 0.717) is 0 Å². The number of hydrogen-bond donors (Lipinski definition) is 0. The topological polar surface area (TPSA) is 12.9 Å². The van der Waals surface area contributed by atoms with Crippen LogP contribution in [0.5, 0.6) is 0 Å². The van der Waals surface area contributed by atoms with E-state index in [0.717, 1.165) is 27.3 Å². The molecule has 20 heavy (non-hydrogen) atoms. The van der Waals surface area contributed by atoms with Crippen LogP contribution in [0, 0.1) is 0 Å². The average Bonchev–Trinajstić information content (AvgIpc) is 2.45. The number of halogens is 2. The summed E-state index contributed by atoms with van der Waals surface area (Å²) >= 11 is 7.18. The normalized spacial score (nSPS) is 13.9. The SMILES string of the molecule is Brc1cc(Br)c2ncc3cc4c(cc3c2c1)CCC=C4. The molecule has 0 atom stereocenters. The first-order valence-corrected chi connectivity index (χ1v) is 8.18. The van der Waals surface area contributed by atoms with E-state index in [-0.39, 0.29) is 0 Å². The third-order valence-corrected chi connectivity index (χ3v) is 4.90. The molecule has 0 saturated heterocycles. The predicted molar refractivity (Wildman–Crippen MR) is 92.0 cm³/mol. The van der Waals surface area contributed by atoms with E-state index in [4.69, 9.17) is 0 Å². The van der Waals surface area contributed by atoms with E-state index in [1.54, 1.807) is 0 Å². The van der Waals surface area contributed by atoms with Gasteiger partial charge in [0.1, 0.15) is 0 Å². The van der Waals surface area contributed by atoms with Crippen molar-refractivity contribution in [1.82, 2.24) is 4.98 Å². The number of benzene rings is 2. The first-order chi connectivity index (χ1) is 9.72. The lowest BCUT2D eigenvalue weighted by Gasteiger charge is -2.13. The molecule has 0 radical (unpaired) electrons. The van der Waals surface area contributed by atoms with Gasteiger partial charge in [0, 0.05) is 25.9 Å². The van der Waals surface area contributed by atoms with Crippen LogP contribution in [0.1, 0.15) is 17.5 Å². The van der Waals surface area contributed by atoms with E-state index in [2.05, 4.69) is 67.2 Å². The molecule has 0 amide bonds. The predicted octanol–water partition coefficient (Wildman–Crippen LogP) is 5.87. The Labute approximate surface area is 134 Å². The Hall–Kier alpha value is -1.19. The highest BCUT2D eigenvalue weighted by atomic mass is 79.9. The highest BCUT2D eigenvalue weighted by Gasteiger charge is 2.11. The molecule has 0 N–H and O–H groups in total. The molecule has 3 heteroatoms. The third-order valence-electron chi connectivity index (χ3n) is 3.84. The van der Waals surface area contributed by atoms with Crippen molar-refractivity contribution >= 4 is 59.6 Å². The molecule has 0 spiro atoms. The molecule has 0 aliphatic heterocycles. The highest BCUT2D eigenvalue weighted by Crippen LogP contribution is 2.34. The molecule has 1 heterocycles. The van der Waals surface area contributed by atoms with Crippen LogP contribution in [0.3, 0.4) is 0 Å². The van der Waals surface area contributed by atoms with Crippen LogP contribution in [0.15, 0.2) is 45.5 Å². The number of aryl methyl sites for hydroxylation is 1. The van der Waals surface area contributed by atoms with Crippen LogP contribution in [-0.4, -0.2) is 4.98 Å². The van der Waals surface area contributed by atoms with Gasteiger partial charge in [-0.2, -0.15) is 0 Å². The molecule has 0 unspecified atom stereocenters. The van der Waals surface area contributed by atoms with Crippen molar-refractivity contribution in [2.24, 2.45) is 0 Å². The van der Waals surface area contributed by atoms with Crippen LogP contribution in [0.2, 0.25) is 0 Å². The van der Waals surface area contributed by atoms with Gasteiger partial charge in [-0.3, -0.25) is 4.98 Å². The van der Waals surface area contributed by atoms with Crippen LogP contribution in [0.25, 0.3) is 27.8 Å². The second kappa shape index (κ2) is 4.68. The number of rotatable bonds is 0. The fraction of sp³-hybridized carbons (Fsp3) is 0.118. The molecule has 1 aromatic heterocycles.